The maximum atomic E-state index is 11.2. The number of nitrogens with zero attached hydrogens (tertiary/aromatic N) is 1. The van der Waals surface area contributed by atoms with Crippen LogP contribution in [-0.4, -0.2) is 36.5 Å². The fraction of sp³-hybridized carbons (Fsp3) is 0.750. The zero-order valence-electron chi connectivity index (χ0n) is 7.78. The molecule has 0 aromatic carbocycles. The van der Waals surface area contributed by atoms with E-state index < -0.39 is 0 Å². The summed E-state index contributed by atoms with van der Waals surface area (Å²) in [5, 5.41) is 0. The predicted molar refractivity (Wildman–Crippen MR) is 41.6 cm³/mol. The van der Waals surface area contributed by atoms with Crippen molar-refractivity contribution in [2.45, 2.75) is 22.9 Å². The van der Waals surface area contributed by atoms with Gasteiger partial charge >= 0.3 is 93.7 Å². The Balaban J connectivity index is 2.51. The molecule has 1 saturated heterocycles. The molecule has 1 rings (SSSR count). The van der Waals surface area contributed by atoms with Crippen molar-refractivity contribution in [3.8, 4) is 0 Å². The Hall–Kier alpha value is 0.0351. The van der Waals surface area contributed by atoms with Crippen molar-refractivity contribution in [3.05, 3.63) is 0 Å². The summed E-state index contributed by atoms with van der Waals surface area (Å²) in [5.41, 5.74) is 0. The number of hydrogen-bond donors (Lipinski definition) is 0. The molecule has 1 fully saturated rings. The molecule has 4 nitrogen and oxygen atoms in total. The van der Waals surface area contributed by atoms with E-state index in [9.17, 15) is 9.59 Å². The fourth-order valence-electron chi connectivity index (χ4n) is 1.31. The summed E-state index contributed by atoms with van der Waals surface area (Å²) in [5.74, 6) is -0.0948. The summed E-state index contributed by atoms with van der Waals surface area (Å²) in [4.78, 5) is 23.8. The van der Waals surface area contributed by atoms with Crippen molar-refractivity contribution in [2.24, 2.45) is 0 Å². The minimum absolute atomic E-state index is 0.0474. The second-order valence-corrected chi connectivity index (χ2v) is 5.29. The van der Waals surface area contributed by atoms with Crippen molar-refractivity contribution >= 4 is 11.8 Å². The van der Waals surface area contributed by atoms with E-state index in [0.29, 0.717) is 45.5 Å². The molecule has 1 unspecified atom stereocenters. The molecular weight excluding hydrogens is 359 g/mol. The Morgan fingerprint density at radius 2 is 2.00 bits per heavy atom. The second-order valence-electron chi connectivity index (χ2n) is 3.04. The van der Waals surface area contributed by atoms with Crippen molar-refractivity contribution < 1.29 is 40.4 Å². The van der Waals surface area contributed by atoms with E-state index in [0.717, 1.165) is 3.93 Å². The minimum atomic E-state index is -0.0474. The van der Waals surface area contributed by atoms with Crippen LogP contribution in [0.3, 0.4) is 0 Å². The molecule has 0 aromatic heterocycles. The van der Waals surface area contributed by atoms with E-state index in [1.165, 1.54) is 4.90 Å². The van der Waals surface area contributed by atoms with Gasteiger partial charge in [0.1, 0.15) is 0 Å². The van der Waals surface area contributed by atoms with Crippen molar-refractivity contribution in [1.82, 2.24) is 4.90 Å². The third-order valence-corrected chi connectivity index (χ3v) is 4.70. The summed E-state index contributed by atoms with van der Waals surface area (Å²) in [6.45, 7) is 0.456. The van der Waals surface area contributed by atoms with Gasteiger partial charge in [-0.05, 0) is 0 Å². The molecule has 1 atom stereocenters. The third kappa shape index (κ3) is 2.74. The van der Waals surface area contributed by atoms with E-state index in [4.69, 9.17) is 4.74 Å². The molecule has 0 N–H and O–H groups in total. The third-order valence-electron chi connectivity index (χ3n) is 2.20. The zero-order valence-corrected chi connectivity index (χ0v) is 13.3. The molecule has 0 saturated carbocycles. The van der Waals surface area contributed by atoms with Gasteiger partial charge in [-0.1, -0.05) is 0 Å². The van der Waals surface area contributed by atoms with Crippen LogP contribution in [0, 0.1) is 0 Å². The number of amides is 2. The van der Waals surface area contributed by atoms with Crippen LogP contribution < -0.4 is 0 Å². The van der Waals surface area contributed by atoms with Crippen LogP contribution in [0.15, 0.2) is 0 Å². The molecule has 1 heterocycles. The van der Waals surface area contributed by atoms with Gasteiger partial charge in [-0.15, -0.1) is 0 Å². The van der Waals surface area contributed by atoms with E-state index in [1.807, 2.05) is 0 Å². The standard InChI is InChI=1S/C8H12NO3.Hg/c1-6(12-2)5-9-7(10)3-4-8(9)11;/h6H,1,3-5H2,2H3;. The summed E-state index contributed by atoms with van der Waals surface area (Å²) in [7, 11) is 1.63. The number of likely N-dealkylation sites (tertiary alicyclic amines) is 1. The molecule has 0 radical (unpaired) electrons. The molecule has 0 aromatic rings. The van der Waals surface area contributed by atoms with Crippen LogP contribution in [0.2, 0.25) is 3.93 Å². The monoisotopic (exact) mass is 372 g/mol. The van der Waals surface area contributed by atoms with Gasteiger partial charge < -0.3 is 0 Å². The van der Waals surface area contributed by atoms with Crippen molar-refractivity contribution in [3.63, 3.8) is 0 Å². The number of carbonyl (C=O) groups excluding carboxylic acids is 2. The number of carbonyl (C=O) groups is 2. The molecule has 5 heteroatoms. The molecule has 13 heavy (non-hydrogen) atoms. The van der Waals surface area contributed by atoms with Gasteiger partial charge in [-0.3, -0.25) is 0 Å². The summed E-state index contributed by atoms with van der Waals surface area (Å²) < 4.78 is 6.17. The number of ether oxygens (including phenoxy) is 1. The van der Waals surface area contributed by atoms with Gasteiger partial charge in [0.05, 0.1) is 0 Å². The normalized spacial score (nSPS) is 19.8. The Bertz CT molecular complexity index is 199. The number of methoxy groups -OCH3 is 1. The molecule has 1 aliphatic rings. The van der Waals surface area contributed by atoms with E-state index in [2.05, 4.69) is 0 Å². The first kappa shape index (κ1) is 11.1. The summed E-state index contributed by atoms with van der Waals surface area (Å²) in [6.07, 6.45) is 0.816. The Morgan fingerprint density at radius 1 is 1.46 bits per heavy atom. The quantitative estimate of drug-likeness (QED) is 0.521. The van der Waals surface area contributed by atoms with Gasteiger partial charge in [0.15, 0.2) is 0 Å². The van der Waals surface area contributed by atoms with Gasteiger partial charge in [0, 0.05) is 0 Å². The van der Waals surface area contributed by atoms with Gasteiger partial charge in [-0.25, -0.2) is 0 Å². The molecule has 0 spiro atoms. The Labute approximate surface area is 93.6 Å². The van der Waals surface area contributed by atoms with Crippen LogP contribution in [0.25, 0.3) is 0 Å². The van der Waals surface area contributed by atoms with E-state index >= 15 is 0 Å². The van der Waals surface area contributed by atoms with Crippen LogP contribution in [-0.2, 0) is 40.4 Å². The average molecular weight is 371 g/mol. The summed E-state index contributed by atoms with van der Waals surface area (Å²) in [6, 6.07) is 0. The Morgan fingerprint density at radius 3 is 2.38 bits per heavy atom. The first-order valence-corrected chi connectivity index (χ1v) is 8.23. The molecular formula is C8H12HgNO3. The van der Waals surface area contributed by atoms with Gasteiger partial charge in [-0.2, -0.15) is 0 Å². The molecule has 0 aliphatic carbocycles. The molecule has 1 aliphatic heterocycles. The molecule has 69 valence electrons. The molecule has 0 bridgehead atoms. The van der Waals surface area contributed by atoms with Crippen LogP contribution in [0.1, 0.15) is 12.8 Å². The molecule has 2 amide bonds. The fourth-order valence-corrected chi connectivity index (χ4v) is 2.94. The summed E-state index contributed by atoms with van der Waals surface area (Å²) >= 11 is 0.647. The van der Waals surface area contributed by atoms with Crippen molar-refractivity contribution in [1.29, 1.82) is 0 Å². The van der Waals surface area contributed by atoms with Crippen LogP contribution >= 0.6 is 0 Å². The van der Waals surface area contributed by atoms with E-state index in [1.54, 1.807) is 7.11 Å². The predicted octanol–water partition coefficient (Wildman–Crippen LogP) is 0.115. The zero-order chi connectivity index (χ0) is 9.84. The number of imide groups is 1. The SMILES string of the molecule is COC([CH2][Hg])CN1C(=O)CCC1=O. The topological polar surface area (TPSA) is 46.6 Å². The average Bonchev–Trinajstić information content (AvgIpc) is 2.44. The van der Waals surface area contributed by atoms with Crippen LogP contribution in [0.5, 0.6) is 0 Å². The van der Waals surface area contributed by atoms with E-state index in [-0.39, 0.29) is 17.9 Å². The van der Waals surface area contributed by atoms with Gasteiger partial charge in [0.2, 0.25) is 0 Å². The second kappa shape index (κ2) is 5.05. The van der Waals surface area contributed by atoms with Gasteiger partial charge in [0.25, 0.3) is 0 Å². The first-order chi connectivity index (χ1) is 6.19. The maximum absolute atomic E-state index is 11.2. The van der Waals surface area contributed by atoms with Crippen LogP contribution in [0.4, 0.5) is 0 Å². The van der Waals surface area contributed by atoms with Crippen molar-refractivity contribution in [2.75, 3.05) is 13.7 Å². The first-order valence-electron chi connectivity index (χ1n) is 4.34. The Kier molecular flexibility index (Phi) is 4.32. The number of hydrogen-bond acceptors (Lipinski definition) is 3. The number of rotatable bonds is 4.